The Balaban J connectivity index is 1.30. The number of alkyl halides is 6. The van der Waals surface area contributed by atoms with E-state index in [0.29, 0.717) is 65.2 Å². The second-order valence-corrected chi connectivity index (χ2v) is 12.6. The molecule has 4 heterocycles. The predicted molar refractivity (Wildman–Crippen MR) is 156 cm³/mol. The highest BCUT2D eigenvalue weighted by atomic mass is 32.1. The minimum atomic E-state index is -4.81. The van der Waals surface area contributed by atoms with Gasteiger partial charge in [-0.15, -0.1) is 22.7 Å². The van der Waals surface area contributed by atoms with Gasteiger partial charge in [0.2, 0.25) is 0 Å². The van der Waals surface area contributed by atoms with Crippen molar-refractivity contribution < 1.29 is 35.1 Å². The number of halogens is 8. The Morgan fingerprint density at radius 2 is 0.932 bits per heavy atom. The van der Waals surface area contributed by atoms with E-state index in [1.807, 2.05) is 0 Å². The highest BCUT2D eigenvalue weighted by molar-refractivity contribution is 7.58. The van der Waals surface area contributed by atoms with E-state index in [1.165, 1.54) is 34.8 Å². The van der Waals surface area contributed by atoms with E-state index in [1.54, 1.807) is 24.3 Å². The number of nitrogens with zero attached hydrogens (tertiary/aromatic N) is 4. The number of aromatic nitrogens is 2. The van der Waals surface area contributed by atoms with E-state index in [4.69, 9.17) is 0 Å². The summed E-state index contributed by atoms with van der Waals surface area (Å²) in [4.78, 5) is 2.37. The van der Waals surface area contributed by atoms with Crippen molar-refractivity contribution in [3.63, 3.8) is 0 Å². The fraction of sp³-hybridized carbons (Fsp3) is 0.0714. The van der Waals surface area contributed by atoms with Crippen LogP contribution in [0.15, 0.2) is 69.4 Å². The Morgan fingerprint density at radius 3 is 1.32 bits per heavy atom. The Morgan fingerprint density at radius 1 is 0.523 bits per heavy atom. The number of hydrogen-bond donors (Lipinski definition) is 0. The molecular formula is C28H10F8N4S4. The Kier molecular flexibility index (Phi) is 6.80. The largest absolute Gasteiger partial charge is 0.419 e. The molecule has 0 N–H and O–H groups in total. The van der Waals surface area contributed by atoms with Crippen molar-refractivity contribution in [3.05, 3.63) is 83.4 Å². The molecule has 7 rings (SSSR count). The topological polar surface area (TPSA) is 50.5 Å². The van der Waals surface area contributed by atoms with Gasteiger partial charge in [-0.25, -0.2) is 8.78 Å². The molecule has 3 aromatic heterocycles. The fourth-order valence-corrected chi connectivity index (χ4v) is 7.99. The van der Waals surface area contributed by atoms with E-state index in [2.05, 4.69) is 17.5 Å². The maximum absolute atomic E-state index is 14.3. The van der Waals surface area contributed by atoms with Gasteiger partial charge in [0, 0.05) is 30.6 Å². The summed E-state index contributed by atoms with van der Waals surface area (Å²) in [6.07, 6.45) is -9.62. The summed E-state index contributed by atoms with van der Waals surface area (Å²) in [5.41, 5.74) is 1.03. The number of benzene rings is 3. The van der Waals surface area contributed by atoms with Gasteiger partial charge in [0.1, 0.15) is 34.0 Å². The van der Waals surface area contributed by atoms with Gasteiger partial charge < -0.3 is 0 Å². The van der Waals surface area contributed by atoms with E-state index in [0.717, 1.165) is 35.2 Å². The first-order chi connectivity index (χ1) is 20.9. The first kappa shape index (κ1) is 28.9. The summed E-state index contributed by atoms with van der Waals surface area (Å²) in [5.74, 6) is -2.75. The summed E-state index contributed by atoms with van der Waals surface area (Å²) in [6.45, 7) is 0. The highest BCUT2D eigenvalue weighted by Gasteiger charge is 2.35. The van der Waals surface area contributed by atoms with Crippen LogP contribution in [0.3, 0.4) is 0 Å². The van der Waals surface area contributed by atoms with Gasteiger partial charge in [-0.05, 0) is 59.7 Å². The van der Waals surface area contributed by atoms with Crippen molar-refractivity contribution in [2.24, 2.45) is 8.73 Å². The van der Waals surface area contributed by atoms with Crippen LogP contribution in [0.25, 0.3) is 52.8 Å². The molecule has 6 aromatic rings. The summed E-state index contributed by atoms with van der Waals surface area (Å²) < 4.78 is 125. The Hall–Kier alpha value is -3.86. The summed E-state index contributed by atoms with van der Waals surface area (Å²) in [6, 6.07) is 12.3. The molecule has 0 radical (unpaired) electrons. The van der Waals surface area contributed by atoms with E-state index in [-0.39, 0.29) is 11.1 Å². The molecule has 16 heteroatoms. The second-order valence-electron chi connectivity index (χ2n) is 9.39. The summed E-state index contributed by atoms with van der Waals surface area (Å²) in [5, 5.41) is 0. The monoisotopic (exact) mass is 682 g/mol. The molecule has 0 spiro atoms. The minimum absolute atomic E-state index is 0.273. The molecule has 1 aliphatic heterocycles. The minimum Gasteiger partial charge on any atom is -0.206 e. The van der Waals surface area contributed by atoms with Gasteiger partial charge in [0.15, 0.2) is 0 Å². The molecule has 1 aliphatic rings. The summed E-state index contributed by atoms with van der Waals surface area (Å²) in [7, 11) is 0. The number of thiophene rings is 2. The average Bonchev–Trinajstić information content (AvgIpc) is 3.77. The van der Waals surface area contributed by atoms with Crippen molar-refractivity contribution >= 4 is 68.2 Å². The van der Waals surface area contributed by atoms with Crippen LogP contribution in [-0.2, 0) is 23.7 Å². The molecule has 44 heavy (non-hydrogen) atoms. The molecule has 0 atom stereocenters. The van der Waals surface area contributed by atoms with Crippen LogP contribution in [0.5, 0.6) is 0 Å². The average molecular weight is 683 g/mol. The third kappa shape index (κ3) is 4.85. The second kappa shape index (κ2) is 10.4. The molecular weight excluding hydrogens is 673 g/mol. The molecule has 222 valence electrons. The van der Waals surface area contributed by atoms with Crippen molar-refractivity contribution in [1.29, 1.82) is 0 Å². The third-order valence-corrected chi connectivity index (χ3v) is 10.1. The van der Waals surface area contributed by atoms with Crippen LogP contribution in [0.2, 0.25) is 0 Å². The van der Waals surface area contributed by atoms with Crippen LogP contribution in [0.1, 0.15) is 11.1 Å². The number of fused-ring (bicyclic) bond motifs is 2. The van der Waals surface area contributed by atoms with Crippen molar-refractivity contribution in [2.45, 2.75) is 12.4 Å². The smallest absolute Gasteiger partial charge is 0.206 e. The molecule has 3 aromatic carbocycles. The third-order valence-electron chi connectivity index (χ3n) is 6.75. The van der Waals surface area contributed by atoms with Gasteiger partial charge in [-0.2, -0.15) is 43.8 Å². The molecule has 0 aliphatic carbocycles. The molecule has 0 fully saturated rings. The first-order valence-electron chi connectivity index (χ1n) is 12.3. The maximum atomic E-state index is 14.3. The number of rotatable bonds is 4. The zero-order chi connectivity index (χ0) is 31.0. The SMILES string of the molecule is Fc1cc(-c2ccc(-c3c4c(c(-c5ccc(-c6ccc(C(F)(F)F)c(F)c6)s5)c5nsnc35)N=S=N4)s2)ccc1C(F)(F)F. The molecule has 0 amide bonds. The van der Waals surface area contributed by atoms with Gasteiger partial charge >= 0.3 is 12.4 Å². The van der Waals surface area contributed by atoms with Crippen LogP contribution in [0.4, 0.5) is 46.5 Å². The maximum Gasteiger partial charge on any atom is 0.419 e. The molecule has 0 saturated heterocycles. The lowest BCUT2D eigenvalue weighted by Crippen LogP contribution is -2.07. The normalized spacial score (nSPS) is 13.1. The van der Waals surface area contributed by atoms with Crippen LogP contribution in [0, 0.1) is 11.6 Å². The number of hydrogen-bond acceptors (Lipinski definition) is 7. The standard InChI is InChI=1S/C28H10F8N4S4/c29-15-9-11(1-3-13(15)27(31,32)33)17-5-7-19(41-17)21-23-25(39-43-37-23)22(26-24(21)38-44-40-26)20-8-6-18(42-20)12-2-4-14(16(30)10-12)28(34,35)36/h1-10H. The van der Waals surface area contributed by atoms with Crippen molar-refractivity contribution in [1.82, 2.24) is 8.75 Å². The quantitative estimate of drug-likeness (QED) is 0.174. The molecule has 0 saturated carbocycles. The summed E-state index contributed by atoms with van der Waals surface area (Å²) >= 11 is 4.33. The van der Waals surface area contributed by atoms with E-state index < -0.39 is 35.1 Å². The lowest BCUT2D eigenvalue weighted by atomic mass is 10.0. The van der Waals surface area contributed by atoms with Gasteiger partial charge in [-0.1, -0.05) is 12.1 Å². The Bertz CT molecular complexity index is 2040. The molecule has 0 unspecified atom stereocenters. The lowest BCUT2D eigenvalue weighted by molar-refractivity contribution is -0.140. The van der Waals surface area contributed by atoms with Crippen LogP contribution >= 0.6 is 34.4 Å². The molecule has 0 bridgehead atoms. The lowest BCUT2D eigenvalue weighted by Gasteiger charge is -2.10. The van der Waals surface area contributed by atoms with E-state index in [9.17, 15) is 35.1 Å². The van der Waals surface area contributed by atoms with Gasteiger partial charge in [-0.3, -0.25) is 0 Å². The molecule has 4 nitrogen and oxygen atoms in total. The predicted octanol–water partition coefficient (Wildman–Crippen LogP) is 11.5. The zero-order valence-electron chi connectivity index (χ0n) is 21.2. The fourth-order valence-electron chi connectivity index (χ4n) is 4.78. The van der Waals surface area contributed by atoms with Gasteiger partial charge in [0.25, 0.3) is 0 Å². The Labute approximate surface area is 257 Å². The first-order valence-corrected chi connectivity index (χ1v) is 15.3. The van der Waals surface area contributed by atoms with Crippen LogP contribution in [-0.4, -0.2) is 8.75 Å². The van der Waals surface area contributed by atoms with Crippen molar-refractivity contribution in [3.8, 4) is 41.8 Å². The zero-order valence-corrected chi connectivity index (χ0v) is 24.5. The van der Waals surface area contributed by atoms with Crippen molar-refractivity contribution in [2.75, 3.05) is 0 Å². The van der Waals surface area contributed by atoms with E-state index >= 15 is 0 Å². The highest BCUT2D eigenvalue weighted by Crippen LogP contribution is 2.54. The van der Waals surface area contributed by atoms with Gasteiger partial charge in [0.05, 0.1) is 34.2 Å². The van der Waals surface area contributed by atoms with Crippen LogP contribution < -0.4 is 0 Å².